The molecular formula is C41H56FN6O9P. The molecule has 58 heavy (non-hydrogen) atoms. The highest BCUT2D eigenvalue weighted by molar-refractivity contribution is 7.47. The molecule has 1 aliphatic heterocycles. The Morgan fingerprint density at radius 3 is 2.36 bits per heavy atom. The average molecular weight is 827 g/mol. The van der Waals surface area contributed by atoms with Crippen molar-refractivity contribution in [3.8, 4) is 12.1 Å². The summed E-state index contributed by atoms with van der Waals surface area (Å²) in [4.78, 5) is 14.6. The maximum absolute atomic E-state index is 14.6. The molecule has 0 radical (unpaired) electrons. The first-order valence-corrected chi connectivity index (χ1v) is 21.8. The molecule has 2 aliphatic rings. The summed E-state index contributed by atoms with van der Waals surface area (Å²) >= 11 is 0. The number of allylic oxidation sites excluding steroid dienone is 2. The molecule has 0 bridgehead atoms. The highest BCUT2D eigenvalue weighted by atomic mass is 31.2. The Labute approximate surface area is 339 Å². The molecule has 1 saturated carbocycles. The fourth-order valence-electron chi connectivity index (χ4n) is 7.21. The Hall–Kier alpha value is -3.80. The van der Waals surface area contributed by atoms with Crippen molar-refractivity contribution in [3.05, 3.63) is 71.4 Å². The number of rotatable bonds is 27. The lowest BCUT2D eigenvalue weighted by Crippen LogP contribution is -2.47. The highest BCUT2D eigenvalue weighted by Crippen LogP contribution is 2.63. The second-order valence-corrected chi connectivity index (χ2v) is 16.4. The third kappa shape index (κ3) is 11.3. The largest absolute Gasteiger partial charge is 0.472 e. The van der Waals surface area contributed by atoms with Crippen LogP contribution in [0.3, 0.4) is 0 Å². The van der Waals surface area contributed by atoms with E-state index in [1.807, 2.05) is 12.1 Å². The van der Waals surface area contributed by atoms with Gasteiger partial charge in [-0.3, -0.25) is 9.05 Å². The van der Waals surface area contributed by atoms with Gasteiger partial charge < -0.3 is 35.1 Å². The molecule has 3 heterocycles. The Morgan fingerprint density at radius 2 is 1.72 bits per heavy atom. The predicted octanol–water partition coefficient (Wildman–Crippen LogP) is 6.69. The third-order valence-corrected chi connectivity index (χ3v) is 11.6. The van der Waals surface area contributed by atoms with Crippen molar-refractivity contribution in [1.29, 1.82) is 10.5 Å². The van der Waals surface area contributed by atoms with Gasteiger partial charge in [-0.2, -0.15) is 15.6 Å². The van der Waals surface area contributed by atoms with Gasteiger partial charge in [-0.25, -0.2) is 18.5 Å². The van der Waals surface area contributed by atoms with Gasteiger partial charge in [-0.15, -0.1) is 0 Å². The van der Waals surface area contributed by atoms with Crippen LogP contribution in [-0.2, 0) is 40.0 Å². The van der Waals surface area contributed by atoms with Crippen LogP contribution in [0.15, 0.2) is 48.8 Å². The maximum Gasteiger partial charge on any atom is 0.472 e. The van der Waals surface area contributed by atoms with Crippen LogP contribution in [0.1, 0.15) is 114 Å². The highest BCUT2D eigenvalue weighted by Gasteiger charge is 2.83. The van der Waals surface area contributed by atoms with Gasteiger partial charge in [0, 0.05) is 12.2 Å². The molecule has 1 aromatic carbocycles. The van der Waals surface area contributed by atoms with E-state index in [0.29, 0.717) is 12.1 Å². The summed E-state index contributed by atoms with van der Waals surface area (Å²) in [5, 5.41) is 45.8. The summed E-state index contributed by atoms with van der Waals surface area (Å²) in [6.45, 7) is 1.83. The standard InChI is InChI=1S/C41H56FN6O9P/c1-2-3-4-5-6-7-8-9-10-11-12-13-14-15-16-17-22-53-26-32(54-25-31-19-18-30(24-43)23-33(31)42)27-55-58(51,52)57-37-36-41(37,50)39(49)40(28-44,56-36)35-21-20-34-38(45)46-29-47-48(34)35/h9-10,18-21,23,29,32,36-37,39,49-50H,2-8,11-17,22,25-27H2,1H3,(H,51,52)(H2,45,46,47)/b10-9+/t32-,36-,37?,39+,40+,41+/m1/s1. The van der Waals surface area contributed by atoms with E-state index in [0.717, 1.165) is 44.5 Å². The molecule has 3 aromatic rings. The second-order valence-electron chi connectivity index (χ2n) is 15.0. The summed E-state index contributed by atoms with van der Waals surface area (Å²) in [5.41, 5.74) is 2.24. The number of phosphoric acid groups is 1. The minimum atomic E-state index is -4.94. The molecule has 15 nitrogen and oxygen atoms in total. The van der Waals surface area contributed by atoms with Crippen molar-refractivity contribution < 1.29 is 47.3 Å². The van der Waals surface area contributed by atoms with Crippen molar-refractivity contribution in [2.45, 2.75) is 139 Å². The fourth-order valence-corrected chi connectivity index (χ4v) is 8.19. The van der Waals surface area contributed by atoms with Gasteiger partial charge in [0.05, 0.1) is 37.1 Å². The number of unbranched alkanes of at least 4 members (excludes halogenated alkanes) is 12. The molecule has 2 unspecified atom stereocenters. The zero-order valence-electron chi connectivity index (χ0n) is 33.1. The van der Waals surface area contributed by atoms with Gasteiger partial charge in [0.1, 0.15) is 48.1 Å². The van der Waals surface area contributed by atoms with E-state index in [1.54, 1.807) is 0 Å². The topological polar surface area (TPSA) is 228 Å². The smallest absolute Gasteiger partial charge is 0.385 e. The van der Waals surface area contributed by atoms with Gasteiger partial charge in [0.25, 0.3) is 0 Å². The number of hydrogen-bond donors (Lipinski definition) is 4. The fraction of sp³-hybridized carbons (Fsp3) is 0.610. The van der Waals surface area contributed by atoms with Crippen LogP contribution in [0, 0.1) is 28.5 Å². The number of nitrogens with two attached hydrogens (primary N) is 1. The summed E-state index contributed by atoms with van der Waals surface area (Å²) in [6, 6.07) is 10.7. The predicted molar refractivity (Wildman–Crippen MR) is 211 cm³/mol. The number of aliphatic hydroxyl groups excluding tert-OH is 1. The molecule has 1 aliphatic carbocycles. The van der Waals surface area contributed by atoms with E-state index in [-0.39, 0.29) is 35.9 Å². The number of ether oxygens (including phenoxy) is 3. The molecule has 316 valence electrons. The molecule has 7 atom stereocenters. The number of fused-ring (bicyclic) bond motifs is 2. The minimum absolute atomic E-state index is 0.0508. The number of aliphatic hydroxyl groups is 2. The van der Waals surface area contributed by atoms with Gasteiger partial charge >= 0.3 is 7.82 Å². The van der Waals surface area contributed by atoms with Crippen LogP contribution in [-0.4, -0.2) is 79.5 Å². The number of aromatic nitrogens is 3. The Morgan fingerprint density at radius 1 is 1.03 bits per heavy atom. The number of nitrogen functional groups attached to an aromatic ring is 1. The van der Waals surface area contributed by atoms with E-state index < -0.39 is 55.9 Å². The van der Waals surface area contributed by atoms with E-state index in [1.165, 1.54) is 86.6 Å². The Balaban J connectivity index is 1.05. The zero-order valence-corrected chi connectivity index (χ0v) is 34.0. The number of halogens is 1. The van der Waals surface area contributed by atoms with Crippen molar-refractivity contribution in [3.63, 3.8) is 0 Å². The van der Waals surface area contributed by atoms with Gasteiger partial charge in [0.15, 0.2) is 11.4 Å². The first kappa shape index (κ1) is 45.3. The molecule has 5 N–H and O–H groups in total. The molecule has 0 amide bonds. The normalized spacial score (nSPS) is 24.1. The lowest BCUT2D eigenvalue weighted by atomic mass is 9.90. The molecule has 17 heteroatoms. The summed E-state index contributed by atoms with van der Waals surface area (Å²) in [6.07, 6.45) is 16.5. The number of benzene rings is 1. The van der Waals surface area contributed by atoms with Crippen LogP contribution >= 0.6 is 7.82 Å². The van der Waals surface area contributed by atoms with E-state index in [9.17, 15) is 29.3 Å². The first-order chi connectivity index (χ1) is 28.0. The molecule has 0 spiro atoms. The molecule has 5 rings (SSSR count). The van der Waals surface area contributed by atoms with Gasteiger partial charge in [-0.05, 0) is 56.4 Å². The number of phosphoric ester groups is 1. The minimum Gasteiger partial charge on any atom is -0.385 e. The number of nitriles is 2. The van der Waals surface area contributed by atoms with E-state index >= 15 is 0 Å². The quantitative estimate of drug-likeness (QED) is 0.0357. The third-order valence-electron chi connectivity index (χ3n) is 10.7. The summed E-state index contributed by atoms with van der Waals surface area (Å²) in [5.74, 6) is -0.539. The number of nitrogens with zero attached hydrogens (tertiary/aromatic N) is 5. The van der Waals surface area contributed by atoms with Crippen LogP contribution in [0.25, 0.3) is 5.52 Å². The molecule has 1 saturated heterocycles. The number of anilines is 1. The van der Waals surface area contributed by atoms with Crippen LogP contribution in [0.2, 0.25) is 0 Å². The van der Waals surface area contributed by atoms with Crippen LogP contribution in [0.4, 0.5) is 10.2 Å². The first-order valence-electron chi connectivity index (χ1n) is 20.3. The molecular weight excluding hydrogens is 770 g/mol. The van der Waals surface area contributed by atoms with Crippen LogP contribution < -0.4 is 5.73 Å². The van der Waals surface area contributed by atoms with Crippen molar-refractivity contribution in [2.75, 3.05) is 25.6 Å². The maximum atomic E-state index is 14.6. The molecule has 2 aromatic heterocycles. The monoisotopic (exact) mass is 826 g/mol. The number of hydrogen-bond acceptors (Lipinski definition) is 13. The lowest BCUT2D eigenvalue weighted by molar-refractivity contribution is -0.107. The van der Waals surface area contributed by atoms with Crippen molar-refractivity contribution in [2.24, 2.45) is 0 Å². The second kappa shape index (κ2) is 21.5. The molecule has 2 fully saturated rings. The lowest BCUT2D eigenvalue weighted by Gasteiger charge is -2.29. The Kier molecular flexibility index (Phi) is 16.8. The Bertz CT molecular complexity index is 1950. The van der Waals surface area contributed by atoms with Crippen molar-refractivity contribution >= 4 is 19.2 Å². The SMILES string of the molecule is CCCCCCCC/C=C/CCCCCCCCOC[C@H](COP(=O)(O)OC1[C@H]2O[C@@](C#N)(c3ccc4c(N)ncnn34)[C@H](O)[C@@]12O)OCc1ccc(C#N)cc1F. The summed E-state index contributed by atoms with van der Waals surface area (Å²) < 4.78 is 57.0. The van der Waals surface area contributed by atoms with E-state index in [4.69, 9.17) is 34.3 Å². The average Bonchev–Trinajstić information content (AvgIpc) is 3.45. The van der Waals surface area contributed by atoms with Crippen LogP contribution in [0.5, 0.6) is 0 Å². The van der Waals surface area contributed by atoms with Gasteiger partial charge in [0.2, 0.25) is 5.60 Å². The van der Waals surface area contributed by atoms with Crippen molar-refractivity contribution in [1.82, 2.24) is 14.6 Å². The summed E-state index contributed by atoms with van der Waals surface area (Å²) in [7, 11) is -4.94. The van der Waals surface area contributed by atoms with E-state index in [2.05, 4.69) is 29.2 Å². The van der Waals surface area contributed by atoms with Gasteiger partial charge in [-0.1, -0.05) is 82.9 Å². The zero-order chi connectivity index (χ0) is 41.6.